The average Bonchev–Trinajstić information content (AvgIpc) is 2.15. The number of hydrogen-bond acceptors (Lipinski definition) is 4. The Labute approximate surface area is 97.9 Å². The molecule has 1 amide bonds. The molecule has 0 fully saturated rings. The Morgan fingerprint density at radius 1 is 1.19 bits per heavy atom. The molecule has 0 aliphatic rings. The highest BCUT2D eigenvalue weighted by Gasteiger charge is 2.21. The summed E-state index contributed by atoms with van der Waals surface area (Å²) in [6, 6.07) is 0. The number of carbonyl (C=O) groups is 1. The van der Waals surface area contributed by atoms with Gasteiger partial charge in [-0.1, -0.05) is 0 Å². The van der Waals surface area contributed by atoms with Crippen LogP contribution in [0.25, 0.3) is 0 Å². The molecule has 0 bridgehead atoms. The van der Waals surface area contributed by atoms with Crippen LogP contribution < -0.4 is 5.73 Å². The van der Waals surface area contributed by atoms with Gasteiger partial charge in [0.1, 0.15) is 0 Å². The van der Waals surface area contributed by atoms with Crippen molar-refractivity contribution in [3.05, 3.63) is 0 Å². The van der Waals surface area contributed by atoms with Gasteiger partial charge in [-0.15, -0.1) is 0 Å². The summed E-state index contributed by atoms with van der Waals surface area (Å²) in [7, 11) is 3.23. The van der Waals surface area contributed by atoms with Crippen molar-refractivity contribution >= 4 is 5.91 Å². The van der Waals surface area contributed by atoms with Crippen LogP contribution in [0.3, 0.4) is 0 Å². The van der Waals surface area contributed by atoms with Crippen molar-refractivity contribution in [2.45, 2.75) is 25.8 Å². The summed E-state index contributed by atoms with van der Waals surface area (Å²) in [5.74, 6) is 0.0431. The second-order valence-electron chi connectivity index (χ2n) is 4.53. The van der Waals surface area contributed by atoms with E-state index in [4.69, 9.17) is 15.2 Å². The van der Waals surface area contributed by atoms with Crippen molar-refractivity contribution in [1.82, 2.24) is 4.90 Å². The van der Waals surface area contributed by atoms with Gasteiger partial charge in [0.25, 0.3) is 0 Å². The summed E-state index contributed by atoms with van der Waals surface area (Å²) in [6.07, 6.45) is 0.334. The van der Waals surface area contributed by atoms with Crippen LogP contribution >= 0.6 is 0 Å². The van der Waals surface area contributed by atoms with Gasteiger partial charge in [0.05, 0.1) is 13.2 Å². The largest absolute Gasteiger partial charge is 0.383 e. The van der Waals surface area contributed by atoms with Crippen molar-refractivity contribution < 1.29 is 14.3 Å². The van der Waals surface area contributed by atoms with Crippen LogP contribution in [0.4, 0.5) is 0 Å². The third-order valence-electron chi connectivity index (χ3n) is 2.09. The Hall–Kier alpha value is -0.650. The van der Waals surface area contributed by atoms with Gasteiger partial charge in [-0.05, 0) is 13.8 Å². The molecule has 0 atom stereocenters. The van der Waals surface area contributed by atoms with Crippen molar-refractivity contribution in [3.8, 4) is 0 Å². The quantitative estimate of drug-likeness (QED) is 0.651. The zero-order chi connectivity index (χ0) is 12.6. The fourth-order valence-electron chi connectivity index (χ4n) is 1.27. The van der Waals surface area contributed by atoms with Crippen LogP contribution in [0.5, 0.6) is 0 Å². The molecule has 0 radical (unpaired) electrons. The first kappa shape index (κ1) is 15.3. The van der Waals surface area contributed by atoms with Crippen LogP contribution in [-0.4, -0.2) is 56.9 Å². The standard InChI is InChI=1S/C11H24N2O3/c1-11(2,12)9-10(14)13(5-7-15-3)6-8-16-4/h5-9,12H2,1-4H3. The molecule has 0 unspecified atom stereocenters. The number of methoxy groups -OCH3 is 2. The molecular formula is C11H24N2O3. The maximum absolute atomic E-state index is 11.9. The van der Waals surface area contributed by atoms with Crippen LogP contribution in [0.15, 0.2) is 0 Å². The Bertz CT molecular complexity index is 194. The van der Waals surface area contributed by atoms with E-state index >= 15 is 0 Å². The van der Waals surface area contributed by atoms with Crippen LogP contribution in [0.2, 0.25) is 0 Å². The lowest BCUT2D eigenvalue weighted by Gasteiger charge is -2.26. The first-order chi connectivity index (χ1) is 7.40. The third kappa shape index (κ3) is 7.62. The molecule has 0 spiro atoms. The van der Waals surface area contributed by atoms with Gasteiger partial charge in [-0.25, -0.2) is 0 Å². The van der Waals surface area contributed by atoms with Gasteiger partial charge in [0.15, 0.2) is 0 Å². The number of carbonyl (C=O) groups excluding carboxylic acids is 1. The minimum absolute atomic E-state index is 0.0431. The number of rotatable bonds is 8. The lowest BCUT2D eigenvalue weighted by Crippen LogP contribution is -2.43. The molecule has 0 heterocycles. The lowest BCUT2D eigenvalue weighted by molar-refractivity contribution is -0.133. The maximum Gasteiger partial charge on any atom is 0.224 e. The predicted octanol–water partition coefficient (Wildman–Crippen LogP) is 0.235. The Morgan fingerprint density at radius 3 is 1.94 bits per heavy atom. The molecule has 0 aliphatic heterocycles. The fourth-order valence-corrected chi connectivity index (χ4v) is 1.27. The topological polar surface area (TPSA) is 64.8 Å². The second-order valence-corrected chi connectivity index (χ2v) is 4.53. The Morgan fingerprint density at radius 2 is 1.62 bits per heavy atom. The molecule has 5 nitrogen and oxygen atoms in total. The van der Waals surface area contributed by atoms with E-state index in [1.165, 1.54) is 0 Å². The monoisotopic (exact) mass is 232 g/mol. The highest BCUT2D eigenvalue weighted by atomic mass is 16.5. The number of nitrogens with zero attached hydrogens (tertiary/aromatic N) is 1. The summed E-state index contributed by atoms with van der Waals surface area (Å²) < 4.78 is 9.93. The van der Waals surface area contributed by atoms with E-state index in [-0.39, 0.29) is 5.91 Å². The van der Waals surface area contributed by atoms with Crippen LogP contribution in [0.1, 0.15) is 20.3 Å². The zero-order valence-corrected chi connectivity index (χ0v) is 10.8. The minimum Gasteiger partial charge on any atom is -0.383 e. The highest BCUT2D eigenvalue weighted by Crippen LogP contribution is 2.07. The first-order valence-electron chi connectivity index (χ1n) is 5.45. The van der Waals surface area contributed by atoms with Crippen molar-refractivity contribution in [2.24, 2.45) is 5.73 Å². The number of ether oxygens (including phenoxy) is 2. The number of amides is 1. The van der Waals surface area contributed by atoms with Gasteiger partial charge >= 0.3 is 0 Å². The molecule has 0 aromatic carbocycles. The second kappa shape index (κ2) is 7.60. The molecule has 0 aliphatic carbocycles. The van der Waals surface area contributed by atoms with E-state index in [9.17, 15) is 4.79 Å². The molecule has 0 rings (SSSR count). The Balaban J connectivity index is 4.19. The van der Waals surface area contributed by atoms with Gasteiger partial charge < -0.3 is 20.1 Å². The summed E-state index contributed by atoms with van der Waals surface area (Å²) in [4.78, 5) is 13.6. The first-order valence-corrected chi connectivity index (χ1v) is 5.45. The van der Waals surface area contributed by atoms with E-state index < -0.39 is 5.54 Å². The SMILES string of the molecule is COCCN(CCOC)C(=O)CC(C)(C)N. The van der Waals surface area contributed by atoms with E-state index in [1.54, 1.807) is 19.1 Å². The fraction of sp³-hybridized carbons (Fsp3) is 0.909. The van der Waals surface area contributed by atoms with Gasteiger partial charge in [0.2, 0.25) is 5.91 Å². The van der Waals surface area contributed by atoms with Crippen LogP contribution in [0, 0.1) is 0 Å². The van der Waals surface area contributed by atoms with Gasteiger partial charge in [-0.3, -0.25) is 4.79 Å². The Kier molecular flexibility index (Phi) is 7.29. The zero-order valence-electron chi connectivity index (χ0n) is 10.8. The van der Waals surface area contributed by atoms with E-state index in [0.717, 1.165) is 0 Å². The van der Waals surface area contributed by atoms with E-state index in [0.29, 0.717) is 32.7 Å². The third-order valence-corrected chi connectivity index (χ3v) is 2.09. The molecular weight excluding hydrogens is 208 g/mol. The van der Waals surface area contributed by atoms with E-state index in [1.807, 2.05) is 13.8 Å². The van der Waals surface area contributed by atoms with Crippen LogP contribution in [-0.2, 0) is 14.3 Å². The van der Waals surface area contributed by atoms with E-state index in [2.05, 4.69) is 0 Å². The smallest absolute Gasteiger partial charge is 0.224 e. The normalized spacial score (nSPS) is 11.6. The molecule has 5 heteroatoms. The number of hydrogen-bond donors (Lipinski definition) is 1. The van der Waals surface area contributed by atoms with Crippen molar-refractivity contribution in [3.63, 3.8) is 0 Å². The highest BCUT2D eigenvalue weighted by molar-refractivity contribution is 5.77. The summed E-state index contributed by atoms with van der Waals surface area (Å²) in [5.41, 5.74) is 5.34. The lowest BCUT2D eigenvalue weighted by atomic mass is 10.0. The average molecular weight is 232 g/mol. The molecule has 0 saturated heterocycles. The van der Waals surface area contributed by atoms with Gasteiger partial charge in [-0.2, -0.15) is 0 Å². The summed E-state index contributed by atoms with van der Waals surface area (Å²) in [5, 5.41) is 0. The predicted molar refractivity (Wildman–Crippen MR) is 63.2 cm³/mol. The maximum atomic E-state index is 11.9. The van der Waals surface area contributed by atoms with Crippen molar-refractivity contribution in [1.29, 1.82) is 0 Å². The molecule has 16 heavy (non-hydrogen) atoms. The van der Waals surface area contributed by atoms with Gasteiger partial charge in [0, 0.05) is 39.3 Å². The summed E-state index contributed by atoms with van der Waals surface area (Å²) in [6.45, 7) is 5.90. The molecule has 2 N–H and O–H groups in total. The number of nitrogens with two attached hydrogens (primary N) is 1. The minimum atomic E-state index is -0.477. The molecule has 0 aromatic rings. The molecule has 0 aromatic heterocycles. The molecule has 0 saturated carbocycles. The van der Waals surface area contributed by atoms with Crippen molar-refractivity contribution in [2.75, 3.05) is 40.5 Å². The summed E-state index contributed by atoms with van der Waals surface area (Å²) >= 11 is 0. The molecule has 96 valence electrons.